The van der Waals surface area contributed by atoms with E-state index in [4.69, 9.17) is 0 Å². The van der Waals surface area contributed by atoms with E-state index in [2.05, 4.69) is 51.1 Å². The molecule has 1 aromatic rings. The molecule has 0 heteroatoms. The molecule has 0 saturated heterocycles. The highest BCUT2D eigenvalue weighted by atomic mass is 14.3. The van der Waals surface area contributed by atoms with Gasteiger partial charge in [0.15, 0.2) is 0 Å². The zero-order valence-corrected chi connectivity index (χ0v) is 10.0. The minimum absolute atomic E-state index is 0.481. The second-order valence-corrected chi connectivity index (χ2v) is 5.48. The van der Waals surface area contributed by atoms with Crippen LogP contribution < -0.4 is 0 Å². The topological polar surface area (TPSA) is 0 Å². The second kappa shape index (κ2) is 3.84. The molecule has 0 radical (unpaired) electrons. The molecule has 1 aliphatic rings. The van der Waals surface area contributed by atoms with Crippen molar-refractivity contribution in [1.29, 1.82) is 0 Å². The van der Waals surface area contributed by atoms with Gasteiger partial charge in [-0.3, -0.25) is 0 Å². The van der Waals surface area contributed by atoms with E-state index in [1.54, 1.807) is 0 Å². The fourth-order valence-corrected chi connectivity index (χ4v) is 2.30. The highest BCUT2D eigenvalue weighted by Crippen LogP contribution is 2.39. The number of hydrogen-bond acceptors (Lipinski definition) is 0. The van der Waals surface area contributed by atoms with Crippen molar-refractivity contribution in [2.45, 2.75) is 40.0 Å². The van der Waals surface area contributed by atoms with Crippen molar-refractivity contribution in [3.8, 4) is 0 Å². The summed E-state index contributed by atoms with van der Waals surface area (Å²) >= 11 is 0. The first-order chi connectivity index (χ1) is 7.07. The van der Waals surface area contributed by atoms with E-state index in [-0.39, 0.29) is 0 Å². The Hall–Kier alpha value is -1.04. The molecule has 0 N–H and O–H groups in total. The van der Waals surface area contributed by atoms with Gasteiger partial charge in [0.1, 0.15) is 0 Å². The summed E-state index contributed by atoms with van der Waals surface area (Å²) in [5, 5.41) is 0. The van der Waals surface area contributed by atoms with Gasteiger partial charge < -0.3 is 0 Å². The van der Waals surface area contributed by atoms with Crippen LogP contribution in [0, 0.1) is 12.3 Å². The summed E-state index contributed by atoms with van der Waals surface area (Å²) in [5.74, 6) is 0. The van der Waals surface area contributed by atoms with Crippen LogP contribution >= 0.6 is 0 Å². The molecule has 0 heterocycles. The fourth-order valence-electron chi connectivity index (χ4n) is 2.30. The smallest absolute Gasteiger partial charge is 0.0224 e. The van der Waals surface area contributed by atoms with Crippen molar-refractivity contribution < 1.29 is 0 Å². The maximum absolute atomic E-state index is 2.41. The summed E-state index contributed by atoms with van der Waals surface area (Å²) in [6.45, 7) is 6.88. The fraction of sp³-hybridized carbons (Fsp3) is 0.467. The third kappa shape index (κ3) is 2.50. The van der Waals surface area contributed by atoms with Gasteiger partial charge in [-0.1, -0.05) is 49.8 Å². The van der Waals surface area contributed by atoms with Crippen molar-refractivity contribution in [2.75, 3.05) is 0 Å². The lowest BCUT2D eigenvalue weighted by atomic mass is 9.76. The van der Waals surface area contributed by atoms with Gasteiger partial charge >= 0.3 is 0 Å². The van der Waals surface area contributed by atoms with Gasteiger partial charge in [-0.2, -0.15) is 0 Å². The minimum Gasteiger partial charge on any atom is -0.0807 e. The van der Waals surface area contributed by atoms with Gasteiger partial charge in [0, 0.05) is 0 Å². The largest absolute Gasteiger partial charge is 0.0807 e. The monoisotopic (exact) mass is 200 g/mol. The van der Waals surface area contributed by atoms with Gasteiger partial charge in [-0.15, -0.1) is 0 Å². The first-order valence-electron chi connectivity index (χ1n) is 5.83. The number of aryl methyl sites for hydroxylation is 1. The third-order valence-corrected chi connectivity index (χ3v) is 3.30. The second-order valence-electron chi connectivity index (χ2n) is 5.48. The zero-order chi connectivity index (χ0) is 10.9. The van der Waals surface area contributed by atoms with E-state index in [1.807, 2.05) is 0 Å². The Morgan fingerprint density at radius 1 is 1.07 bits per heavy atom. The van der Waals surface area contributed by atoms with Crippen LogP contribution in [-0.4, -0.2) is 0 Å². The Balaban J connectivity index is 2.24. The van der Waals surface area contributed by atoms with Crippen LogP contribution in [-0.2, 0) is 0 Å². The summed E-state index contributed by atoms with van der Waals surface area (Å²) < 4.78 is 0. The quantitative estimate of drug-likeness (QED) is 0.622. The molecule has 0 bridgehead atoms. The number of rotatable bonds is 1. The number of benzene rings is 1. The van der Waals surface area contributed by atoms with Gasteiger partial charge in [0.25, 0.3) is 0 Å². The summed E-state index contributed by atoms with van der Waals surface area (Å²) in [6, 6.07) is 8.92. The van der Waals surface area contributed by atoms with Crippen LogP contribution in [0.25, 0.3) is 5.57 Å². The standard InChI is InChI=1S/C15H20/c1-12-6-8-13(9-7-12)14-5-4-10-15(2,3)11-14/h5-9H,4,10-11H2,1-3H3. The van der Waals surface area contributed by atoms with Gasteiger partial charge in [0.05, 0.1) is 0 Å². The molecular weight excluding hydrogens is 180 g/mol. The summed E-state index contributed by atoms with van der Waals surface area (Å²) in [7, 11) is 0. The molecular formula is C15H20. The molecule has 0 spiro atoms. The Morgan fingerprint density at radius 2 is 1.73 bits per heavy atom. The molecule has 0 fully saturated rings. The van der Waals surface area contributed by atoms with Crippen molar-refractivity contribution in [3.63, 3.8) is 0 Å². The highest BCUT2D eigenvalue weighted by Gasteiger charge is 2.23. The SMILES string of the molecule is Cc1ccc(C2=CCCC(C)(C)C2)cc1. The molecule has 2 rings (SSSR count). The molecule has 0 nitrogen and oxygen atoms in total. The molecule has 0 unspecified atom stereocenters. The first kappa shape index (κ1) is 10.5. The predicted octanol–water partition coefficient (Wildman–Crippen LogP) is 4.59. The van der Waals surface area contributed by atoms with E-state index in [1.165, 1.54) is 36.0 Å². The van der Waals surface area contributed by atoms with Crippen LogP contribution in [0.4, 0.5) is 0 Å². The minimum atomic E-state index is 0.481. The molecule has 15 heavy (non-hydrogen) atoms. The lowest BCUT2D eigenvalue weighted by molar-refractivity contribution is 0.338. The van der Waals surface area contributed by atoms with Crippen molar-refractivity contribution in [1.82, 2.24) is 0 Å². The normalized spacial score (nSPS) is 19.8. The summed E-state index contributed by atoms with van der Waals surface area (Å²) in [5.41, 5.74) is 4.77. The predicted molar refractivity (Wildman–Crippen MR) is 66.8 cm³/mol. The molecule has 0 aromatic heterocycles. The average Bonchev–Trinajstić information content (AvgIpc) is 2.17. The molecule has 0 amide bonds. The van der Waals surface area contributed by atoms with Gasteiger partial charge in [-0.25, -0.2) is 0 Å². The molecule has 0 atom stereocenters. The van der Waals surface area contributed by atoms with Gasteiger partial charge in [0.2, 0.25) is 0 Å². The maximum Gasteiger partial charge on any atom is -0.0224 e. The Bertz CT molecular complexity index is 366. The van der Waals surface area contributed by atoms with Crippen LogP contribution in [0.5, 0.6) is 0 Å². The molecule has 1 aromatic carbocycles. The lowest BCUT2D eigenvalue weighted by Crippen LogP contribution is -2.15. The molecule has 0 aliphatic heterocycles. The van der Waals surface area contributed by atoms with E-state index >= 15 is 0 Å². The van der Waals surface area contributed by atoms with Crippen molar-refractivity contribution in [3.05, 3.63) is 41.5 Å². The number of allylic oxidation sites excluding steroid dienone is 2. The Labute approximate surface area is 93.0 Å². The molecule has 1 aliphatic carbocycles. The van der Waals surface area contributed by atoms with E-state index in [0.29, 0.717) is 5.41 Å². The van der Waals surface area contributed by atoms with Crippen LogP contribution in [0.2, 0.25) is 0 Å². The van der Waals surface area contributed by atoms with E-state index < -0.39 is 0 Å². The Morgan fingerprint density at radius 3 is 2.33 bits per heavy atom. The van der Waals surface area contributed by atoms with E-state index in [9.17, 15) is 0 Å². The average molecular weight is 200 g/mol. The van der Waals surface area contributed by atoms with Gasteiger partial charge in [-0.05, 0) is 42.7 Å². The van der Waals surface area contributed by atoms with E-state index in [0.717, 1.165) is 0 Å². The maximum atomic E-state index is 2.41. The number of hydrogen-bond donors (Lipinski definition) is 0. The van der Waals surface area contributed by atoms with Crippen LogP contribution in [0.3, 0.4) is 0 Å². The molecule has 0 saturated carbocycles. The Kier molecular flexibility index (Phi) is 2.68. The lowest BCUT2D eigenvalue weighted by Gasteiger charge is -2.30. The third-order valence-electron chi connectivity index (χ3n) is 3.30. The van der Waals surface area contributed by atoms with Crippen molar-refractivity contribution >= 4 is 5.57 Å². The summed E-state index contributed by atoms with van der Waals surface area (Å²) in [6.07, 6.45) is 6.19. The van der Waals surface area contributed by atoms with Crippen LogP contribution in [0.15, 0.2) is 30.3 Å². The summed E-state index contributed by atoms with van der Waals surface area (Å²) in [4.78, 5) is 0. The van der Waals surface area contributed by atoms with Crippen LogP contribution in [0.1, 0.15) is 44.2 Å². The highest BCUT2D eigenvalue weighted by molar-refractivity contribution is 5.67. The van der Waals surface area contributed by atoms with Crippen molar-refractivity contribution in [2.24, 2.45) is 5.41 Å². The first-order valence-corrected chi connectivity index (χ1v) is 5.83. The zero-order valence-electron chi connectivity index (χ0n) is 10.0. The molecule has 80 valence electrons.